The van der Waals surface area contributed by atoms with Crippen molar-refractivity contribution in [3.05, 3.63) is 77.6 Å². The van der Waals surface area contributed by atoms with Crippen molar-refractivity contribution < 1.29 is 9.59 Å². The second-order valence-corrected chi connectivity index (χ2v) is 8.17. The third-order valence-corrected chi connectivity index (χ3v) is 5.51. The summed E-state index contributed by atoms with van der Waals surface area (Å²) < 4.78 is 1.83. The maximum absolute atomic E-state index is 13.1. The Morgan fingerprint density at radius 2 is 1.82 bits per heavy atom. The number of urea groups is 1. The summed E-state index contributed by atoms with van der Waals surface area (Å²) in [4.78, 5) is 30.5. The predicted octanol–water partition coefficient (Wildman–Crippen LogP) is 4.23. The summed E-state index contributed by atoms with van der Waals surface area (Å²) >= 11 is 0. The summed E-state index contributed by atoms with van der Waals surface area (Å²) in [5.41, 5.74) is 4.72. The average molecular weight is 458 g/mol. The molecular weight excluding hydrogens is 430 g/mol. The van der Waals surface area contributed by atoms with E-state index in [0.717, 1.165) is 22.2 Å². The highest BCUT2D eigenvalue weighted by Gasteiger charge is 2.13. The molecule has 4 aromatic rings. The SMILES string of the molecule is Cc1c2ccc(NC(=O)c3ccccc3NCc3ccnc(NC(=O)N(C)C)c3)cc2nn1C. The fourth-order valence-corrected chi connectivity index (χ4v) is 3.51. The highest BCUT2D eigenvalue weighted by molar-refractivity contribution is 6.08. The van der Waals surface area contributed by atoms with Crippen LogP contribution in [0.3, 0.4) is 0 Å². The van der Waals surface area contributed by atoms with Crippen LogP contribution in [0.1, 0.15) is 21.6 Å². The Bertz CT molecular complexity index is 1360. The van der Waals surface area contributed by atoms with Gasteiger partial charge in [-0.3, -0.25) is 14.8 Å². The molecule has 0 radical (unpaired) electrons. The minimum atomic E-state index is -0.251. The number of amides is 3. The third kappa shape index (κ3) is 4.98. The van der Waals surface area contributed by atoms with Gasteiger partial charge < -0.3 is 15.5 Å². The number of nitrogens with one attached hydrogen (secondary N) is 3. The second-order valence-electron chi connectivity index (χ2n) is 8.17. The van der Waals surface area contributed by atoms with Gasteiger partial charge in [-0.25, -0.2) is 9.78 Å². The first kappa shape index (κ1) is 22.8. The lowest BCUT2D eigenvalue weighted by Crippen LogP contribution is -2.27. The van der Waals surface area contributed by atoms with Gasteiger partial charge in [0.15, 0.2) is 0 Å². The number of carbonyl (C=O) groups excluding carboxylic acids is 2. The van der Waals surface area contributed by atoms with E-state index in [2.05, 4.69) is 26.0 Å². The van der Waals surface area contributed by atoms with Crippen LogP contribution < -0.4 is 16.0 Å². The van der Waals surface area contributed by atoms with Crippen LogP contribution in [0.2, 0.25) is 0 Å². The van der Waals surface area contributed by atoms with Gasteiger partial charge in [0.25, 0.3) is 5.91 Å². The number of carbonyl (C=O) groups is 2. The van der Waals surface area contributed by atoms with Crippen molar-refractivity contribution in [1.82, 2.24) is 19.7 Å². The van der Waals surface area contributed by atoms with Crippen molar-refractivity contribution in [1.29, 1.82) is 0 Å². The molecule has 0 fully saturated rings. The minimum absolute atomic E-state index is 0.219. The number of aryl methyl sites for hydroxylation is 2. The lowest BCUT2D eigenvalue weighted by Gasteiger charge is -2.14. The fraction of sp³-hybridized carbons (Fsp3) is 0.200. The van der Waals surface area contributed by atoms with Crippen LogP contribution in [-0.2, 0) is 13.6 Å². The fourth-order valence-electron chi connectivity index (χ4n) is 3.51. The van der Waals surface area contributed by atoms with E-state index >= 15 is 0 Å². The van der Waals surface area contributed by atoms with Crippen molar-refractivity contribution in [2.75, 3.05) is 30.0 Å². The zero-order chi connectivity index (χ0) is 24.2. The van der Waals surface area contributed by atoms with Crippen LogP contribution in [0.15, 0.2) is 60.8 Å². The normalized spacial score (nSPS) is 10.7. The monoisotopic (exact) mass is 457 g/mol. The second kappa shape index (κ2) is 9.62. The van der Waals surface area contributed by atoms with Crippen LogP contribution in [-0.4, -0.2) is 45.7 Å². The molecule has 0 aliphatic rings. The Hall–Kier alpha value is -4.40. The largest absolute Gasteiger partial charge is 0.380 e. The van der Waals surface area contributed by atoms with Crippen LogP contribution >= 0.6 is 0 Å². The molecule has 0 aliphatic carbocycles. The highest BCUT2D eigenvalue weighted by atomic mass is 16.2. The van der Waals surface area contributed by atoms with Gasteiger partial charge in [0.1, 0.15) is 5.82 Å². The summed E-state index contributed by atoms with van der Waals surface area (Å²) in [6.07, 6.45) is 1.64. The van der Waals surface area contributed by atoms with Crippen molar-refractivity contribution in [2.45, 2.75) is 13.5 Å². The van der Waals surface area contributed by atoms with Gasteiger partial charge >= 0.3 is 6.03 Å². The minimum Gasteiger partial charge on any atom is -0.380 e. The van der Waals surface area contributed by atoms with Crippen LogP contribution in [0.25, 0.3) is 10.9 Å². The van der Waals surface area contributed by atoms with E-state index < -0.39 is 0 Å². The standard InChI is InChI=1S/C25H27N7O2/c1-16-19-10-9-18(14-22(19)30-32(16)4)28-24(33)20-7-5-6-8-21(20)27-15-17-11-12-26-23(13-17)29-25(34)31(2)3/h5-14,27H,15H2,1-4H3,(H,28,33)(H,26,29,34). The molecule has 2 aromatic heterocycles. The molecule has 0 saturated heterocycles. The molecule has 2 aromatic carbocycles. The molecule has 0 atom stereocenters. The number of benzene rings is 2. The van der Waals surface area contributed by atoms with Gasteiger partial charge in [0.05, 0.1) is 11.1 Å². The lowest BCUT2D eigenvalue weighted by molar-refractivity contribution is 0.102. The third-order valence-electron chi connectivity index (χ3n) is 5.51. The van der Waals surface area contributed by atoms with Crippen molar-refractivity contribution in [3.8, 4) is 0 Å². The molecule has 0 saturated carbocycles. The summed E-state index contributed by atoms with van der Waals surface area (Å²) in [5, 5.41) is 14.6. The number of anilines is 3. The van der Waals surface area contributed by atoms with Crippen molar-refractivity contribution in [2.24, 2.45) is 7.05 Å². The number of hydrogen-bond acceptors (Lipinski definition) is 5. The Morgan fingerprint density at radius 1 is 1.03 bits per heavy atom. The van der Waals surface area contributed by atoms with Gasteiger partial charge in [-0.2, -0.15) is 5.10 Å². The maximum atomic E-state index is 13.1. The lowest BCUT2D eigenvalue weighted by atomic mass is 10.1. The molecule has 0 unspecified atom stereocenters. The summed E-state index contributed by atoms with van der Waals surface area (Å²) in [7, 11) is 5.23. The Balaban J connectivity index is 1.47. The molecule has 174 valence electrons. The van der Waals surface area contributed by atoms with Crippen LogP contribution in [0.5, 0.6) is 0 Å². The van der Waals surface area contributed by atoms with Gasteiger partial charge in [-0.15, -0.1) is 0 Å². The number of hydrogen-bond donors (Lipinski definition) is 3. The van der Waals surface area contributed by atoms with Crippen LogP contribution in [0, 0.1) is 6.92 Å². The molecule has 3 amide bonds. The zero-order valence-corrected chi connectivity index (χ0v) is 19.6. The van der Waals surface area contributed by atoms with E-state index in [1.807, 2.05) is 61.1 Å². The number of rotatable bonds is 6. The molecule has 3 N–H and O–H groups in total. The Labute approximate surface area is 197 Å². The number of nitrogens with zero attached hydrogens (tertiary/aromatic N) is 4. The first-order valence-corrected chi connectivity index (χ1v) is 10.8. The first-order chi connectivity index (χ1) is 16.3. The average Bonchev–Trinajstić information content (AvgIpc) is 3.10. The molecule has 2 heterocycles. The molecule has 9 heteroatoms. The van der Waals surface area contributed by atoms with Gasteiger partial charge in [0, 0.05) is 56.3 Å². The first-order valence-electron chi connectivity index (χ1n) is 10.8. The number of para-hydroxylation sites is 1. The van der Waals surface area contributed by atoms with E-state index in [1.54, 1.807) is 32.4 Å². The molecule has 34 heavy (non-hydrogen) atoms. The molecule has 0 spiro atoms. The summed E-state index contributed by atoms with van der Waals surface area (Å²) in [6, 6.07) is 16.4. The summed E-state index contributed by atoms with van der Waals surface area (Å²) in [6.45, 7) is 2.47. The topological polar surface area (TPSA) is 104 Å². The molecule has 9 nitrogen and oxygen atoms in total. The number of pyridine rings is 1. The van der Waals surface area contributed by atoms with Gasteiger partial charge in [0.2, 0.25) is 0 Å². The predicted molar refractivity (Wildman–Crippen MR) is 134 cm³/mol. The van der Waals surface area contributed by atoms with Gasteiger partial charge in [-0.05, 0) is 55.0 Å². The number of aromatic nitrogens is 3. The Morgan fingerprint density at radius 3 is 2.62 bits per heavy atom. The quantitative estimate of drug-likeness (QED) is 0.402. The smallest absolute Gasteiger partial charge is 0.322 e. The van der Waals surface area contributed by atoms with Gasteiger partial charge in [-0.1, -0.05) is 12.1 Å². The van der Waals surface area contributed by atoms with Crippen LogP contribution in [0.4, 0.5) is 22.0 Å². The van der Waals surface area contributed by atoms with E-state index in [1.165, 1.54) is 4.90 Å². The van der Waals surface area contributed by atoms with E-state index in [4.69, 9.17) is 0 Å². The maximum Gasteiger partial charge on any atom is 0.322 e. The van der Waals surface area contributed by atoms with Crippen molar-refractivity contribution >= 4 is 40.0 Å². The highest BCUT2D eigenvalue weighted by Crippen LogP contribution is 2.23. The molecule has 0 bridgehead atoms. The molecule has 4 rings (SSSR count). The molecular formula is C25H27N7O2. The number of fused-ring (bicyclic) bond motifs is 1. The Kier molecular flexibility index (Phi) is 6.44. The summed E-state index contributed by atoms with van der Waals surface area (Å²) in [5.74, 6) is 0.243. The zero-order valence-electron chi connectivity index (χ0n) is 19.6. The van der Waals surface area contributed by atoms with E-state index in [-0.39, 0.29) is 11.9 Å². The van der Waals surface area contributed by atoms with Crippen molar-refractivity contribution in [3.63, 3.8) is 0 Å². The molecule has 0 aliphatic heterocycles. The van der Waals surface area contributed by atoms with E-state index in [9.17, 15) is 9.59 Å². The van der Waals surface area contributed by atoms with E-state index in [0.29, 0.717) is 29.3 Å².